The van der Waals surface area contributed by atoms with Crippen molar-refractivity contribution in [2.75, 3.05) is 21.3 Å². The van der Waals surface area contributed by atoms with E-state index in [1.54, 1.807) is 23.7 Å². The third kappa shape index (κ3) is 3.32. The lowest BCUT2D eigenvalue weighted by Crippen LogP contribution is -2.32. The second-order valence-corrected chi connectivity index (χ2v) is 6.90. The van der Waals surface area contributed by atoms with Crippen LogP contribution >= 0.6 is 0 Å². The van der Waals surface area contributed by atoms with Crippen LogP contribution in [0.15, 0.2) is 34.4 Å². The maximum Gasteiger partial charge on any atom is 0.258 e. The molecule has 1 unspecified atom stereocenters. The van der Waals surface area contributed by atoms with E-state index in [9.17, 15) is 10.1 Å². The molecule has 30 heavy (non-hydrogen) atoms. The van der Waals surface area contributed by atoms with E-state index in [2.05, 4.69) is 6.07 Å². The average molecular weight is 411 g/mol. The van der Waals surface area contributed by atoms with Crippen molar-refractivity contribution in [1.82, 2.24) is 4.57 Å². The maximum absolute atomic E-state index is 13.4. The minimum absolute atomic E-state index is 0.0393. The summed E-state index contributed by atoms with van der Waals surface area (Å²) < 4.78 is 23.6. The van der Waals surface area contributed by atoms with E-state index >= 15 is 0 Å². The zero-order valence-electron chi connectivity index (χ0n) is 17.7. The molecule has 158 valence electrons. The SMILES string of the molecule is CCCc1cc2c(c(=O)n1C)C(c1cc(OC)c(OC)cc1OC)C(C#N)=C(N)O2. The van der Waals surface area contributed by atoms with Gasteiger partial charge in [-0.15, -0.1) is 0 Å². The molecular formula is C22H25N3O5. The number of allylic oxidation sites excluding steroid dienone is 1. The number of benzene rings is 1. The lowest BCUT2D eigenvalue weighted by atomic mass is 9.83. The number of nitrogens with two attached hydrogens (primary N) is 1. The quantitative estimate of drug-likeness (QED) is 0.778. The zero-order valence-corrected chi connectivity index (χ0v) is 17.7. The van der Waals surface area contributed by atoms with Crippen LogP contribution in [0.25, 0.3) is 0 Å². The van der Waals surface area contributed by atoms with Gasteiger partial charge in [0, 0.05) is 30.4 Å². The van der Waals surface area contributed by atoms with Gasteiger partial charge in [0.1, 0.15) is 23.1 Å². The number of methoxy groups -OCH3 is 3. The molecule has 0 fully saturated rings. The first kappa shape index (κ1) is 21.1. The summed E-state index contributed by atoms with van der Waals surface area (Å²) in [5, 5.41) is 9.84. The van der Waals surface area contributed by atoms with E-state index < -0.39 is 5.92 Å². The topological polar surface area (TPSA) is 109 Å². The highest BCUT2D eigenvalue weighted by Gasteiger charge is 2.36. The van der Waals surface area contributed by atoms with Crippen LogP contribution in [0.1, 0.15) is 36.1 Å². The first-order chi connectivity index (χ1) is 14.4. The fourth-order valence-corrected chi connectivity index (χ4v) is 3.76. The molecule has 0 amide bonds. The van der Waals surface area contributed by atoms with Gasteiger partial charge in [0.2, 0.25) is 5.88 Å². The van der Waals surface area contributed by atoms with E-state index in [-0.39, 0.29) is 17.0 Å². The van der Waals surface area contributed by atoms with Gasteiger partial charge in [0.05, 0.1) is 32.8 Å². The second kappa shape index (κ2) is 8.41. The number of fused-ring (bicyclic) bond motifs is 1. The molecule has 0 saturated heterocycles. The number of ether oxygens (including phenoxy) is 4. The van der Waals surface area contributed by atoms with Gasteiger partial charge in [-0.05, 0) is 12.5 Å². The van der Waals surface area contributed by atoms with Crippen molar-refractivity contribution >= 4 is 0 Å². The van der Waals surface area contributed by atoms with Crippen LogP contribution in [-0.2, 0) is 13.5 Å². The monoisotopic (exact) mass is 411 g/mol. The van der Waals surface area contributed by atoms with Crippen LogP contribution in [-0.4, -0.2) is 25.9 Å². The number of pyridine rings is 1. The number of aryl methyl sites for hydroxylation is 1. The Balaban J connectivity index is 2.37. The van der Waals surface area contributed by atoms with E-state index in [4.69, 9.17) is 24.7 Å². The summed E-state index contributed by atoms with van der Waals surface area (Å²) in [6, 6.07) is 7.26. The third-order valence-electron chi connectivity index (χ3n) is 5.27. The molecule has 8 heteroatoms. The zero-order chi connectivity index (χ0) is 22.0. The average Bonchev–Trinajstić information content (AvgIpc) is 2.75. The Morgan fingerprint density at radius 3 is 2.33 bits per heavy atom. The number of nitriles is 1. The lowest BCUT2D eigenvalue weighted by molar-refractivity contribution is 0.346. The number of rotatable bonds is 6. The van der Waals surface area contributed by atoms with Crippen LogP contribution in [0.2, 0.25) is 0 Å². The molecule has 2 aromatic rings. The molecule has 1 aliphatic rings. The fraction of sp³-hybridized carbons (Fsp3) is 0.364. The Morgan fingerprint density at radius 2 is 1.77 bits per heavy atom. The Labute approximate surface area is 175 Å². The van der Waals surface area contributed by atoms with Gasteiger partial charge < -0.3 is 29.2 Å². The predicted octanol–water partition coefficient (Wildman–Crippen LogP) is 2.58. The van der Waals surface area contributed by atoms with Gasteiger partial charge in [-0.3, -0.25) is 4.79 Å². The summed E-state index contributed by atoms with van der Waals surface area (Å²) >= 11 is 0. The molecular weight excluding hydrogens is 386 g/mol. The molecule has 0 radical (unpaired) electrons. The predicted molar refractivity (Wildman–Crippen MR) is 111 cm³/mol. The smallest absolute Gasteiger partial charge is 0.258 e. The molecule has 0 saturated carbocycles. The van der Waals surface area contributed by atoms with Crippen LogP contribution < -0.4 is 30.2 Å². The molecule has 0 aliphatic carbocycles. The molecule has 2 N–H and O–H groups in total. The number of hydrogen-bond donors (Lipinski definition) is 1. The highest BCUT2D eigenvalue weighted by Crippen LogP contribution is 2.46. The van der Waals surface area contributed by atoms with Crippen LogP contribution in [0.3, 0.4) is 0 Å². The standard InChI is InChI=1S/C22H25N3O5/c1-6-7-12-8-18-20(22(26)25(12)2)19(14(11-23)21(24)30-18)13-9-16(28-4)17(29-5)10-15(13)27-3/h8-10,19H,6-7,24H2,1-5H3. The number of nitrogens with zero attached hydrogens (tertiary/aromatic N) is 2. The normalized spacial score (nSPS) is 15.1. The fourth-order valence-electron chi connectivity index (χ4n) is 3.76. The van der Waals surface area contributed by atoms with Crippen molar-refractivity contribution in [2.24, 2.45) is 12.8 Å². The molecule has 2 heterocycles. The van der Waals surface area contributed by atoms with Crippen LogP contribution in [0.5, 0.6) is 23.0 Å². The van der Waals surface area contributed by atoms with E-state index in [0.29, 0.717) is 40.5 Å². The van der Waals surface area contributed by atoms with Crippen molar-refractivity contribution in [3.63, 3.8) is 0 Å². The van der Waals surface area contributed by atoms with Crippen molar-refractivity contribution < 1.29 is 18.9 Å². The summed E-state index contributed by atoms with van der Waals surface area (Å²) in [4.78, 5) is 13.4. The minimum atomic E-state index is -0.775. The first-order valence-corrected chi connectivity index (χ1v) is 9.51. The molecule has 1 aliphatic heterocycles. The van der Waals surface area contributed by atoms with Crippen molar-refractivity contribution in [1.29, 1.82) is 5.26 Å². The summed E-state index contributed by atoms with van der Waals surface area (Å²) in [5.41, 5.74) is 7.68. The molecule has 0 bridgehead atoms. The molecule has 1 atom stereocenters. The van der Waals surface area contributed by atoms with E-state index in [0.717, 1.165) is 12.1 Å². The van der Waals surface area contributed by atoms with Crippen LogP contribution in [0.4, 0.5) is 0 Å². The van der Waals surface area contributed by atoms with Gasteiger partial charge in [0.25, 0.3) is 5.56 Å². The highest BCUT2D eigenvalue weighted by atomic mass is 16.5. The minimum Gasteiger partial charge on any atom is -0.496 e. The summed E-state index contributed by atoms with van der Waals surface area (Å²) in [6.45, 7) is 2.03. The maximum atomic E-state index is 13.4. The van der Waals surface area contributed by atoms with E-state index in [1.807, 2.05) is 13.0 Å². The number of aromatic nitrogens is 1. The van der Waals surface area contributed by atoms with Crippen molar-refractivity contribution in [3.8, 4) is 29.1 Å². The summed E-state index contributed by atoms with van der Waals surface area (Å²) in [5.74, 6) is 0.875. The molecule has 3 rings (SSSR count). The largest absolute Gasteiger partial charge is 0.496 e. The third-order valence-corrected chi connectivity index (χ3v) is 5.27. The molecule has 1 aromatic carbocycles. The van der Waals surface area contributed by atoms with Gasteiger partial charge >= 0.3 is 0 Å². The summed E-state index contributed by atoms with van der Waals surface area (Å²) in [6.07, 6.45) is 1.58. The van der Waals surface area contributed by atoms with Crippen molar-refractivity contribution in [2.45, 2.75) is 25.7 Å². The number of hydrogen-bond acceptors (Lipinski definition) is 7. The Kier molecular flexibility index (Phi) is 5.92. The molecule has 1 aromatic heterocycles. The van der Waals surface area contributed by atoms with Crippen molar-refractivity contribution in [3.05, 3.63) is 56.8 Å². The van der Waals surface area contributed by atoms with Gasteiger partial charge in [0.15, 0.2) is 11.5 Å². The highest BCUT2D eigenvalue weighted by molar-refractivity contribution is 5.61. The Hall–Kier alpha value is -3.60. The van der Waals surface area contributed by atoms with Gasteiger partial charge in [-0.25, -0.2) is 0 Å². The van der Waals surface area contributed by atoms with Crippen LogP contribution in [0, 0.1) is 11.3 Å². The van der Waals surface area contributed by atoms with E-state index in [1.165, 1.54) is 21.3 Å². The lowest BCUT2D eigenvalue weighted by Gasteiger charge is -2.28. The second-order valence-electron chi connectivity index (χ2n) is 6.90. The summed E-state index contributed by atoms with van der Waals surface area (Å²) in [7, 11) is 6.25. The Morgan fingerprint density at radius 1 is 1.13 bits per heavy atom. The Bertz CT molecular complexity index is 1110. The van der Waals surface area contributed by atoms with Gasteiger partial charge in [-0.1, -0.05) is 13.3 Å². The van der Waals surface area contributed by atoms with Gasteiger partial charge in [-0.2, -0.15) is 5.26 Å². The first-order valence-electron chi connectivity index (χ1n) is 9.51. The molecule has 0 spiro atoms. The molecule has 8 nitrogen and oxygen atoms in total.